The van der Waals surface area contributed by atoms with Crippen molar-refractivity contribution in [3.05, 3.63) is 18.2 Å². The summed E-state index contributed by atoms with van der Waals surface area (Å²) in [6.07, 6.45) is 3.21. The number of hydrogen-bond acceptors (Lipinski definition) is 4. The van der Waals surface area contributed by atoms with Crippen molar-refractivity contribution in [2.75, 3.05) is 26.2 Å². The molecule has 7 nitrogen and oxygen atoms in total. The molecule has 1 aromatic rings. The molecule has 1 N–H and O–H groups in total. The molecule has 0 bridgehead atoms. The molecule has 2 heterocycles. The van der Waals surface area contributed by atoms with Gasteiger partial charge in [0.1, 0.15) is 18.5 Å². The molecule has 1 aromatic heterocycles. The Hall–Kier alpha value is -2.05. The van der Waals surface area contributed by atoms with E-state index in [4.69, 9.17) is 4.74 Å². The fourth-order valence-electron chi connectivity index (χ4n) is 2.32. The van der Waals surface area contributed by atoms with E-state index in [0.29, 0.717) is 26.2 Å². The Morgan fingerprint density at radius 2 is 2.24 bits per heavy atom. The first-order chi connectivity index (χ1) is 10.0. The molecule has 1 fully saturated rings. The smallest absolute Gasteiger partial charge is 0.409 e. The number of rotatable bonds is 6. The van der Waals surface area contributed by atoms with Crippen molar-refractivity contribution in [1.29, 1.82) is 0 Å². The summed E-state index contributed by atoms with van der Waals surface area (Å²) in [4.78, 5) is 29.3. The van der Waals surface area contributed by atoms with Gasteiger partial charge in [-0.2, -0.15) is 0 Å². The summed E-state index contributed by atoms with van der Waals surface area (Å²) in [6, 6.07) is -0.324. The van der Waals surface area contributed by atoms with Crippen LogP contribution in [0.5, 0.6) is 0 Å². The summed E-state index contributed by atoms with van der Waals surface area (Å²) < 4.78 is 6.71. The Morgan fingerprint density at radius 1 is 1.48 bits per heavy atom. The fraction of sp³-hybridized carbons (Fsp3) is 0.643. The van der Waals surface area contributed by atoms with Crippen molar-refractivity contribution < 1.29 is 14.3 Å². The van der Waals surface area contributed by atoms with E-state index < -0.39 is 0 Å². The second kappa shape index (κ2) is 6.60. The lowest BCUT2D eigenvalue weighted by Gasteiger charge is -2.19. The van der Waals surface area contributed by atoms with E-state index in [-0.39, 0.29) is 24.0 Å². The molecule has 0 aromatic carbocycles. The topological polar surface area (TPSA) is 76.5 Å². The average Bonchev–Trinajstić information content (AvgIpc) is 3.07. The van der Waals surface area contributed by atoms with Crippen LogP contribution in [0.1, 0.15) is 38.6 Å². The van der Waals surface area contributed by atoms with Gasteiger partial charge in [-0.15, -0.1) is 0 Å². The first-order valence-electron chi connectivity index (χ1n) is 7.23. The summed E-state index contributed by atoms with van der Waals surface area (Å²) in [5.74, 6) is 1.07. The normalized spacial score (nSPS) is 16.2. The Kier molecular flexibility index (Phi) is 4.82. The molecular weight excluding hydrogens is 272 g/mol. The predicted molar refractivity (Wildman–Crippen MR) is 77.0 cm³/mol. The number of carbonyl (C=O) groups excluding carboxylic acids is 2. The quantitative estimate of drug-likeness (QED) is 0.853. The molecule has 116 valence electrons. The molecule has 0 spiro atoms. The van der Waals surface area contributed by atoms with Crippen LogP contribution < -0.4 is 5.32 Å². The summed E-state index contributed by atoms with van der Waals surface area (Å²) in [6.45, 7) is 7.83. The minimum atomic E-state index is -0.324. The van der Waals surface area contributed by atoms with Crippen molar-refractivity contribution in [2.45, 2.75) is 32.7 Å². The van der Waals surface area contributed by atoms with E-state index in [2.05, 4.69) is 10.3 Å². The second-order valence-corrected chi connectivity index (χ2v) is 5.42. The third-order valence-corrected chi connectivity index (χ3v) is 3.54. The number of imidazole rings is 1. The minimum Gasteiger partial charge on any atom is -0.448 e. The van der Waals surface area contributed by atoms with Gasteiger partial charge in [0.15, 0.2) is 0 Å². The van der Waals surface area contributed by atoms with Crippen molar-refractivity contribution in [3.8, 4) is 0 Å². The molecule has 0 aliphatic carbocycles. The Labute approximate surface area is 124 Å². The van der Waals surface area contributed by atoms with Crippen molar-refractivity contribution >= 4 is 12.0 Å². The van der Waals surface area contributed by atoms with Crippen LogP contribution >= 0.6 is 0 Å². The molecule has 2 rings (SSSR count). The van der Waals surface area contributed by atoms with Crippen LogP contribution in [0.2, 0.25) is 0 Å². The standard InChI is InChI=1S/C14H22N4O3/c1-10(2)12-15-5-7-18(12)11(3)13(19)16-4-6-17-8-9-21-14(17)20/h5,7,10-11H,4,6,8-9H2,1-3H3,(H,16,19)/t11-/m0/s1. The van der Waals surface area contributed by atoms with Crippen LogP contribution in [-0.2, 0) is 9.53 Å². The Morgan fingerprint density at radius 3 is 2.86 bits per heavy atom. The average molecular weight is 294 g/mol. The molecule has 21 heavy (non-hydrogen) atoms. The third-order valence-electron chi connectivity index (χ3n) is 3.54. The first-order valence-corrected chi connectivity index (χ1v) is 7.23. The highest BCUT2D eigenvalue weighted by molar-refractivity contribution is 5.80. The van der Waals surface area contributed by atoms with Crippen LogP contribution in [0.4, 0.5) is 4.79 Å². The van der Waals surface area contributed by atoms with E-state index in [1.807, 2.05) is 31.5 Å². The zero-order valence-electron chi connectivity index (χ0n) is 12.7. The maximum atomic E-state index is 12.2. The highest BCUT2D eigenvalue weighted by Crippen LogP contribution is 2.17. The van der Waals surface area contributed by atoms with E-state index in [1.165, 1.54) is 0 Å². The Bertz CT molecular complexity index is 512. The van der Waals surface area contributed by atoms with Crippen molar-refractivity contribution in [3.63, 3.8) is 0 Å². The number of aromatic nitrogens is 2. The molecule has 0 radical (unpaired) electrons. The largest absolute Gasteiger partial charge is 0.448 e. The molecule has 1 atom stereocenters. The summed E-state index contributed by atoms with van der Waals surface area (Å²) in [5.41, 5.74) is 0. The second-order valence-electron chi connectivity index (χ2n) is 5.42. The lowest BCUT2D eigenvalue weighted by atomic mass is 10.2. The zero-order valence-corrected chi connectivity index (χ0v) is 12.7. The van der Waals surface area contributed by atoms with Gasteiger partial charge in [0, 0.05) is 31.4 Å². The van der Waals surface area contributed by atoms with Gasteiger partial charge in [-0.3, -0.25) is 4.79 Å². The molecule has 1 aliphatic rings. The summed E-state index contributed by atoms with van der Waals surface area (Å²) in [5, 5.41) is 2.85. The fourth-order valence-corrected chi connectivity index (χ4v) is 2.32. The van der Waals surface area contributed by atoms with Gasteiger partial charge in [-0.05, 0) is 6.92 Å². The van der Waals surface area contributed by atoms with E-state index in [0.717, 1.165) is 5.82 Å². The molecule has 0 unspecified atom stereocenters. The maximum Gasteiger partial charge on any atom is 0.409 e. The number of nitrogens with one attached hydrogen (secondary N) is 1. The Balaban J connectivity index is 1.85. The maximum absolute atomic E-state index is 12.2. The minimum absolute atomic E-state index is 0.0811. The molecule has 1 saturated heterocycles. The SMILES string of the molecule is CC(C)c1nccn1[C@@H](C)C(=O)NCCN1CCOC1=O. The zero-order chi connectivity index (χ0) is 15.4. The van der Waals surface area contributed by atoms with E-state index >= 15 is 0 Å². The molecular formula is C14H22N4O3. The van der Waals surface area contributed by atoms with Crippen LogP contribution in [0, 0.1) is 0 Å². The van der Waals surface area contributed by atoms with Crippen LogP contribution in [0.3, 0.4) is 0 Å². The number of amides is 2. The van der Waals surface area contributed by atoms with Gasteiger partial charge in [0.05, 0.1) is 6.54 Å². The molecule has 7 heteroatoms. The van der Waals surface area contributed by atoms with Crippen molar-refractivity contribution in [1.82, 2.24) is 19.8 Å². The molecule has 1 aliphatic heterocycles. The third kappa shape index (κ3) is 3.53. The van der Waals surface area contributed by atoms with Gasteiger partial charge in [0.25, 0.3) is 0 Å². The van der Waals surface area contributed by atoms with Gasteiger partial charge in [-0.25, -0.2) is 9.78 Å². The number of nitrogens with zero attached hydrogens (tertiary/aromatic N) is 3. The van der Waals surface area contributed by atoms with Gasteiger partial charge in [0.2, 0.25) is 5.91 Å². The van der Waals surface area contributed by atoms with Crippen LogP contribution in [-0.4, -0.2) is 52.7 Å². The lowest BCUT2D eigenvalue weighted by molar-refractivity contribution is -0.123. The predicted octanol–water partition coefficient (Wildman–Crippen LogP) is 1.14. The number of carbonyl (C=O) groups is 2. The number of cyclic esters (lactones) is 1. The van der Waals surface area contributed by atoms with Gasteiger partial charge < -0.3 is 19.5 Å². The molecule has 0 saturated carbocycles. The number of ether oxygens (including phenoxy) is 1. The summed E-state index contributed by atoms with van der Waals surface area (Å²) in [7, 11) is 0. The van der Waals surface area contributed by atoms with E-state index in [1.54, 1.807) is 11.1 Å². The van der Waals surface area contributed by atoms with Crippen molar-refractivity contribution in [2.24, 2.45) is 0 Å². The highest BCUT2D eigenvalue weighted by Gasteiger charge is 2.22. The summed E-state index contributed by atoms with van der Waals surface area (Å²) >= 11 is 0. The van der Waals surface area contributed by atoms with Gasteiger partial charge in [-0.1, -0.05) is 13.8 Å². The van der Waals surface area contributed by atoms with Crippen LogP contribution in [0.25, 0.3) is 0 Å². The monoisotopic (exact) mass is 294 g/mol. The first kappa shape index (κ1) is 15.3. The van der Waals surface area contributed by atoms with E-state index in [9.17, 15) is 9.59 Å². The van der Waals surface area contributed by atoms with Gasteiger partial charge >= 0.3 is 6.09 Å². The highest BCUT2D eigenvalue weighted by atomic mass is 16.6. The molecule has 2 amide bonds. The number of hydrogen-bond donors (Lipinski definition) is 1. The van der Waals surface area contributed by atoms with Crippen LogP contribution in [0.15, 0.2) is 12.4 Å². The lowest BCUT2D eigenvalue weighted by Crippen LogP contribution is -2.38.